The Hall–Kier alpha value is -5.62. The number of aromatic nitrogens is 6. The van der Waals surface area contributed by atoms with Gasteiger partial charge in [0.2, 0.25) is 0 Å². The molecule has 6 rings (SSSR count). The molecule has 0 aliphatic carbocycles. The first-order valence-electron chi connectivity index (χ1n) is 13.3. The van der Waals surface area contributed by atoms with Crippen molar-refractivity contribution < 1.29 is 10.0 Å². The smallest absolute Gasteiger partial charge is 0.274 e. The van der Waals surface area contributed by atoms with E-state index in [1.54, 1.807) is 34.3 Å². The van der Waals surface area contributed by atoms with Crippen LogP contribution in [0.2, 0.25) is 0 Å². The molecule has 0 atom stereocenters. The van der Waals surface area contributed by atoms with Gasteiger partial charge in [-0.3, -0.25) is 19.4 Å². The standard InChI is InChI=1S/C25H24N4O3.C5H5N5/c1-2-7-22-27-21-11-6-10-20(23(21)25(31)29(22)19-8-4-3-5-9-19)26-16-17-12-14-18(15-13-17)24(30)28-32;6-4-3-5(9-1-7-3)10-2-8-4/h3-6,8-15,26,32H,2,7,16H2,1H3,(H,28,30);1-2H,(H3,6,7,8,9,10). The fourth-order valence-electron chi connectivity index (χ4n) is 4.48. The van der Waals surface area contributed by atoms with Gasteiger partial charge in [-0.15, -0.1) is 0 Å². The molecule has 0 aliphatic rings. The third kappa shape index (κ3) is 5.93. The molecular weight excluding hydrogens is 534 g/mol. The molecule has 6 N–H and O–H groups in total. The lowest BCUT2D eigenvalue weighted by molar-refractivity contribution is 0.0706. The Morgan fingerprint density at radius 1 is 1.00 bits per heavy atom. The minimum Gasteiger partial charge on any atom is -0.382 e. The van der Waals surface area contributed by atoms with Crippen molar-refractivity contribution in [1.82, 2.24) is 35.0 Å². The molecule has 0 saturated heterocycles. The van der Waals surface area contributed by atoms with Crippen molar-refractivity contribution in [3.63, 3.8) is 0 Å². The van der Waals surface area contributed by atoms with E-state index < -0.39 is 5.91 Å². The van der Waals surface area contributed by atoms with Gasteiger partial charge in [-0.05, 0) is 48.4 Å². The fraction of sp³-hybridized carbons (Fsp3) is 0.133. The number of H-pyrrole nitrogens is 1. The van der Waals surface area contributed by atoms with E-state index in [1.165, 1.54) is 12.7 Å². The van der Waals surface area contributed by atoms with Crippen molar-refractivity contribution in [3.05, 3.63) is 113 Å². The van der Waals surface area contributed by atoms with E-state index >= 15 is 0 Å². The summed E-state index contributed by atoms with van der Waals surface area (Å²) in [4.78, 5) is 44.3. The molecule has 3 aromatic carbocycles. The number of imidazole rings is 1. The molecule has 6 aromatic rings. The van der Waals surface area contributed by atoms with Crippen molar-refractivity contribution in [1.29, 1.82) is 0 Å². The average Bonchev–Trinajstić information content (AvgIpc) is 3.51. The van der Waals surface area contributed by atoms with E-state index in [0.29, 0.717) is 52.1 Å². The Morgan fingerprint density at radius 3 is 2.50 bits per heavy atom. The summed E-state index contributed by atoms with van der Waals surface area (Å²) < 4.78 is 1.69. The number of anilines is 2. The number of nitrogens with one attached hydrogen (secondary N) is 3. The first-order valence-corrected chi connectivity index (χ1v) is 13.3. The van der Waals surface area contributed by atoms with Crippen molar-refractivity contribution in [3.8, 4) is 5.69 Å². The average molecular weight is 564 g/mol. The second-order valence-electron chi connectivity index (χ2n) is 9.31. The van der Waals surface area contributed by atoms with Gasteiger partial charge in [-0.1, -0.05) is 43.3 Å². The Bertz CT molecular complexity index is 1880. The summed E-state index contributed by atoms with van der Waals surface area (Å²) in [7, 11) is 0. The maximum absolute atomic E-state index is 13.6. The van der Waals surface area contributed by atoms with Crippen LogP contribution in [0.1, 0.15) is 35.1 Å². The highest BCUT2D eigenvalue weighted by Gasteiger charge is 2.15. The molecule has 0 spiro atoms. The van der Waals surface area contributed by atoms with Gasteiger partial charge in [-0.25, -0.2) is 25.4 Å². The summed E-state index contributed by atoms with van der Waals surface area (Å²) >= 11 is 0. The molecule has 3 heterocycles. The number of hydrogen-bond acceptors (Lipinski definition) is 9. The highest BCUT2D eigenvalue weighted by atomic mass is 16.5. The largest absolute Gasteiger partial charge is 0.382 e. The van der Waals surface area contributed by atoms with Crippen molar-refractivity contribution in [2.24, 2.45) is 0 Å². The van der Waals surface area contributed by atoms with Gasteiger partial charge in [0.05, 0.1) is 22.9 Å². The molecule has 0 unspecified atom stereocenters. The normalized spacial score (nSPS) is 10.7. The number of hydroxylamine groups is 1. The van der Waals surface area contributed by atoms with Crippen molar-refractivity contribution >= 4 is 39.5 Å². The number of para-hydroxylation sites is 1. The lowest BCUT2D eigenvalue weighted by atomic mass is 10.1. The van der Waals surface area contributed by atoms with E-state index in [9.17, 15) is 9.59 Å². The number of carbonyl (C=O) groups is 1. The maximum Gasteiger partial charge on any atom is 0.274 e. The molecule has 3 aromatic heterocycles. The lowest BCUT2D eigenvalue weighted by Crippen LogP contribution is -2.24. The quantitative estimate of drug-likeness (QED) is 0.142. The first kappa shape index (κ1) is 27.9. The summed E-state index contributed by atoms with van der Waals surface area (Å²) in [6.07, 6.45) is 4.51. The summed E-state index contributed by atoms with van der Waals surface area (Å²) in [6, 6.07) is 22.0. The Labute approximate surface area is 240 Å². The predicted octanol–water partition coefficient (Wildman–Crippen LogP) is 4.00. The van der Waals surface area contributed by atoms with Gasteiger partial charge < -0.3 is 16.0 Å². The number of rotatable bonds is 7. The number of aryl methyl sites for hydroxylation is 1. The van der Waals surface area contributed by atoms with Gasteiger partial charge in [0.15, 0.2) is 11.5 Å². The summed E-state index contributed by atoms with van der Waals surface area (Å²) in [5.74, 6) is 0.614. The summed E-state index contributed by atoms with van der Waals surface area (Å²) in [5.41, 5.74) is 11.7. The van der Waals surface area contributed by atoms with Gasteiger partial charge in [0, 0.05) is 24.2 Å². The third-order valence-electron chi connectivity index (χ3n) is 6.51. The molecule has 12 nitrogen and oxygen atoms in total. The maximum atomic E-state index is 13.6. The lowest BCUT2D eigenvalue weighted by Gasteiger charge is -2.15. The van der Waals surface area contributed by atoms with E-state index in [-0.39, 0.29) is 5.56 Å². The second kappa shape index (κ2) is 12.7. The zero-order chi connectivity index (χ0) is 29.5. The number of nitrogen functional groups attached to an aromatic ring is 1. The number of amides is 1. The third-order valence-corrected chi connectivity index (χ3v) is 6.51. The van der Waals surface area contributed by atoms with E-state index in [0.717, 1.165) is 23.5 Å². The SMILES string of the molecule is CCCc1nc2cccc(NCc3ccc(C(=O)NO)cc3)c2c(=O)n1-c1ccccc1.Nc1ncnc2nc[nH]c12. The molecule has 42 heavy (non-hydrogen) atoms. The van der Waals surface area contributed by atoms with Crippen molar-refractivity contribution in [2.75, 3.05) is 11.1 Å². The van der Waals surface area contributed by atoms with Gasteiger partial charge >= 0.3 is 0 Å². The molecule has 212 valence electrons. The van der Waals surface area contributed by atoms with E-state index in [1.807, 2.05) is 48.5 Å². The minimum atomic E-state index is -0.561. The minimum absolute atomic E-state index is 0.109. The number of fused-ring (bicyclic) bond motifs is 2. The number of carbonyl (C=O) groups excluding carboxylic acids is 1. The molecular formula is C30H29N9O3. The molecule has 0 radical (unpaired) electrons. The number of aromatic amines is 1. The zero-order valence-corrected chi connectivity index (χ0v) is 22.8. The van der Waals surface area contributed by atoms with Gasteiger partial charge in [-0.2, -0.15) is 0 Å². The Kier molecular flexibility index (Phi) is 8.45. The van der Waals surface area contributed by atoms with Gasteiger partial charge in [0.25, 0.3) is 11.5 Å². The highest BCUT2D eigenvalue weighted by molar-refractivity contribution is 5.93. The van der Waals surface area contributed by atoms with Crippen LogP contribution >= 0.6 is 0 Å². The van der Waals surface area contributed by atoms with Crippen LogP contribution in [-0.4, -0.2) is 40.6 Å². The van der Waals surface area contributed by atoms with E-state index in [4.69, 9.17) is 15.9 Å². The topological polar surface area (TPSA) is 177 Å². The van der Waals surface area contributed by atoms with Crippen LogP contribution in [0.4, 0.5) is 11.5 Å². The van der Waals surface area contributed by atoms with Crippen molar-refractivity contribution in [2.45, 2.75) is 26.3 Å². The van der Waals surface area contributed by atoms with Crippen LogP contribution in [0.15, 0.2) is 90.2 Å². The van der Waals surface area contributed by atoms with Crippen LogP contribution in [0, 0.1) is 0 Å². The molecule has 0 bridgehead atoms. The highest BCUT2D eigenvalue weighted by Crippen LogP contribution is 2.22. The number of nitrogens with zero attached hydrogens (tertiary/aromatic N) is 5. The Balaban J connectivity index is 0.000000295. The molecule has 1 amide bonds. The molecule has 0 saturated carbocycles. The first-order chi connectivity index (χ1) is 20.5. The summed E-state index contributed by atoms with van der Waals surface area (Å²) in [6.45, 7) is 2.53. The monoisotopic (exact) mass is 563 g/mol. The van der Waals surface area contributed by atoms with Crippen LogP contribution in [0.5, 0.6) is 0 Å². The number of hydrogen-bond donors (Lipinski definition) is 5. The van der Waals surface area contributed by atoms with Crippen LogP contribution < -0.4 is 22.1 Å². The zero-order valence-electron chi connectivity index (χ0n) is 22.8. The second-order valence-corrected chi connectivity index (χ2v) is 9.31. The van der Waals surface area contributed by atoms with Crippen LogP contribution in [0.25, 0.3) is 27.8 Å². The molecule has 0 fully saturated rings. The van der Waals surface area contributed by atoms with E-state index in [2.05, 4.69) is 32.2 Å². The summed E-state index contributed by atoms with van der Waals surface area (Å²) in [5, 5.41) is 12.6. The van der Waals surface area contributed by atoms with Crippen LogP contribution in [0.3, 0.4) is 0 Å². The molecule has 12 heteroatoms. The number of nitrogens with two attached hydrogens (primary N) is 1. The van der Waals surface area contributed by atoms with Gasteiger partial charge in [0.1, 0.15) is 17.7 Å². The predicted molar refractivity (Wildman–Crippen MR) is 160 cm³/mol. The number of benzene rings is 3. The Morgan fingerprint density at radius 2 is 1.79 bits per heavy atom. The fourth-order valence-corrected chi connectivity index (χ4v) is 4.48. The molecule has 0 aliphatic heterocycles. The van der Waals surface area contributed by atoms with Crippen LogP contribution in [-0.2, 0) is 13.0 Å².